The quantitative estimate of drug-likeness (QED) is 0.896. The summed E-state index contributed by atoms with van der Waals surface area (Å²) in [6.07, 6.45) is 1.48. The topological polar surface area (TPSA) is 62.2 Å². The number of nitrogens with zero attached hydrogens (tertiary/aromatic N) is 1. The molecule has 1 aromatic carbocycles. The number of aromatic hydroxyl groups is 1. The number of rotatable bonds is 2. The van der Waals surface area contributed by atoms with Crippen molar-refractivity contribution >= 4 is 27.5 Å². The molecule has 92 valence electrons. The number of pyridine rings is 1. The lowest BCUT2D eigenvalue weighted by atomic mass is 10.2. The van der Waals surface area contributed by atoms with Gasteiger partial charge in [-0.2, -0.15) is 0 Å². The van der Waals surface area contributed by atoms with Crippen LogP contribution in [0.3, 0.4) is 0 Å². The van der Waals surface area contributed by atoms with Crippen LogP contribution in [0.2, 0.25) is 0 Å². The Bertz CT molecular complexity index is 567. The van der Waals surface area contributed by atoms with Gasteiger partial charge in [-0.15, -0.1) is 0 Å². The summed E-state index contributed by atoms with van der Waals surface area (Å²) in [6, 6.07) is 6.51. The standard InChI is InChI=1S/C12H8BrFN2O2/c13-7-1-2-11(15-6-7)12(18)16-9-3-8(14)4-10(17)5-9/h1-6,17H,(H,16,18). The van der Waals surface area contributed by atoms with Gasteiger partial charge in [0.2, 0.25) is 0 Å². The van der Waals surface area contributed by atoms with E-state index in [0.29, 0.717) is 0 Å². The number of phenolic OH excluding ortho intramolecular Hbond substituents is 1. The van der Waals surface area contributed by atoms with Gasteiger partial charge in [-0.05, 0) is 34.1 Å². The molecule has 2 aromatic rings. The van der Waals surface area contributed by atoms with E-state index in [0.717, 1.165) is 16.6 Å². The van der Waals surface area contributed by atoms with Crippen LogP contribution < -0.4 is 5.32 Å². The molecule has 0 aliphatic carbocycles. The first-order valence-corrected chi connectivity index (χ1v) is 5.76. The molecule has 0 bridgehead atoms. The van der Waals surface area contributed by atoms with Gasteiger partial charge >= 0.3 is 0 Å². The third-order valence-corrected chi connectivity index (χ3v) is 2.57. The normalized spacial score (nSPS) is 10.1. The lowest BCUT2D eigenvalue weighted by Crippen LogP contribution is -2.13. The number of carbonyl (C=O) groups is 1. The van der Waals surface area contributed by atoms with Crippen molar-refractivity contribution in [1.82, 2.24) is 4.98 Å². The number of amides is 1. The van der Waals surface area contributed by atoms with Crippen LogP contribution in [0, 0.1) is 5.82 Å². The van der Waals surface area contributed by atoms with Gasteiger partial charge in [-0.1, -0.05) is 0 Å². The van der Waals surface area contributed by atoms with Crippen molar-refractivity contribution in [3.05, 3.63) is 52.5 Å². The molecule has 2 rings (SSSR count). The number of hydrogen-bond donors (Lipinski definition) is 2. The highest BCUT2D eigenvalue weighted by Gasteiger charge is 2.08. The number of phenols is 1. The van der Waals surface area contributed by atoms with Crippen LogP contribution in [-0.2, 0) is 0 Å². The molecule has 2 N–H and O–H groups in total. The predicted molar refractivity (Wildman–Crippen MR) is 68.0 cm³/mol. The van der Waals surface area contributed by atoms with E-state index in [4.69, 9.17) is 0 Å². The molecule has 1 amide bonds. The van der Waals surface area contributed by atoms with E-state index in [1.807, 2.05) is 0 Å². The van der Waals surface area contributed by atoms with E-state index in [1.165, 1.54) is 18.3 Å². The maximum absolute atomic E-state index is 13.0. The van der Waals surface area contributed by atoms with Crippen molar-refractivity contribution < 1.29 is 14.3 Å². The minimum Gasteiger partial charge on any atom is -0.508 e. The summed E-state index contributed by atoms with van der Waals surface area (Å²) in [4.78, 5) is 15.7. The lowest BCUT2D eigenvalue weighted by molar-refractivity contribution is 0.102. The predicted octanol–water partition coefficient (Wildman–Crippen LogP) is 2.94. The molecule has 0 aliphatic rings. The summed E-state index contributed by atoms with van der Waals surface area (Å²) < 4.78 is 13.8. The molecule has 0 atom stereocenters. The number of anilines is 1. The van der Waals surface area contributed by atoms with Gasteiger partial charge in [0.25, 0.3) is 5.91 Å². The second-order valence-electron chi connectivity index (χ2n) is 3.51. The molecule has 0 unspecified atom stereocenters. The van der Waals surface area contributed by atoms with Crippen molar-refractivity contribution in [2.24, 2.45) is 0 Å². The summed E-state index contributed by atoms with van der Waals surface area (Å²) in [6.45, 7) is 0. The van der Waals surface area contributed by atoms with Gasteiger partial charge in [0.05, 0.1) is 0 Å². The maximum atomic E-state index is 13.0. The molecule has 0 saturated heterocycles. The van der Waals surface area contributed by atoms with Crippen LogP contribution in [0.25, 0.3) is 0 Å². The van der Waals surface area contributed by atoms with Gasteiger partial charge in [-0.3, -0.25) is 4.79 Å². The molecule has 0 spiro atoms. The Labute approximate surface area is 111 Å². The number of aromatic nitrogens is 1. The van der Waals surface area contributed by atoms with Gasteiger partial charge in [0, 0.05) is 28.5 Å². The van der Waals surface area contributed by atoms with E-state index < -0.39 is 11.7 Å². The first-order valence-electron chi connectivity index (χ1n) is 4.97. The minimum absolute atomic E-state index is 0.169. The lowest BCUT2D eigenvalue weighted by Gasteiger charge is -2.05. The SMILES string of the molecule is O=C(Nc1cc(O)cc(F)c1)c1ccc(Br)cn1. The molecular formula is C12H8BrFN2O2. The van der Waals surface area contributed by atoms with Crippen molar-refractivity contribution in [1.29, 1.82) is 0 Å². The average molecular weight is 311 g/mol. The fourth-order valence-electron chi connectivity index (χ4n) is 1.35. The molecule has 18 heavy (non-hydrogen) atoms. The summed E-state index contributed by atoms with van der Waals surface area (Å²) >= 11 is 3.20. The highest BCUT2D eigenvalue weighted by atomic mass is 79.9. The van der Waals surface area contributed by atoms with Crippen LogP contribution in [0.4, 0.5) is 10.1 Å². The summed E-state index contributed by atoms with van der Waals surface area (Å²) in [7, 11) is 0. The molecule has 4 nitrogen and oxygen atoms in total. The van der Waals surface area contributed by atoms with Crippen LogP contribution in [0.5, 0.6) is 5.75 Å². The van der Waals surface area contributed by atoms with Crippen LogP contribution in [-0.4, -0.2) is 16.0 Å². The Morgan fingerprint density at radius 2 is 2.11 bits per heavy atom. The Kier molecular flexibility index (Phi) is 3.57. The minimum atomic E-state index is -0.630. The van der Waals surface area contributed by atoms with E-state index in [-0.39, 0.29) is 17.1 Å². The van der Waals surface area contributed by atoms with Gasteiger partial charge in [0.15, 0.2) is 0 Å². The van der Waals surface area contributed by atoms with Crippen LogP contribution in [0.15, 0.2) is 41.0 Å². The fourth-order valence-corrected chi connectivity index (χ4v) is 1.59. The number of nitrogens with one attached hydrogen (secondary N) is 1. The number of carbonyl (C=O) groups excluding carboxylic acids is 1. The van der Waals surface area contributed by atoms with E-state index in [9.17, 15) is 14.3 Å². The highest BCUT2D eigenvalue weighted by molar-refractivity contribution is 9.10. The largest absolute Gasteiger partial charge is 0.508 e. The Hall–Kier alpha value is -1.95. The zero-order valence-electron chi connectivity index (χ0n) is 9.02. The smallest absolute Gasteiger partial charge is 0.274 e. The maximum Gasteiger partial charge on any atom is 0.274 e. The summed E-state index contributed by atoms with van der Waals surface area (Å²) in [5.74, 6) is -1.37. The van der Waals surface area contributed by atoms with E-state index >= 15 is 0 Å². The van der Waals surface area contributed by atoms with Crippen molar-refractivity contribution in [2.75, 3.05) is 5.32 Å². The molecule has 1 heterocycles. The monoisotopic (exact) mass is 310 g/mol. The number of halogens is 2. The molecular weight excluding hydrogens is 303 g/mol. The number of benzene rings is 1. The molecule has 0 fully saturated rings. The second-order valence-corrected chi connectivity index (χ2v) is 4.43. The van der Waals surface area contributed by atoms with Crippen LogP contribution >= 0.6 is 15.9 Å². The Balaban J connectivity index is 2.18. The van der Waals surface area contributed by atoms with Gasteiger partial charge < -0.3 is 10.4 Å². The van der Waals surface area contributed by atoms with Gasteiger partial charge in [0.1, 0.15) is 17.3 Å². The van der Waals surface area contributed by atoms with Crippen molar-refractivity contribution in [3.8, 4) is 5.75 Å². The Morgan fingerprint density at radius 3 is 2.72 bits per heavy atom. The zero-order chi connectivity index (χ0) is 13.1. The third kappa shape index (κ3) is 3.04. The first-order chi connectivity index (χ1) is 8.54. The third-order valence-electron chi connectivity index (χ3n) is 2.10. The summed E-state index contributed by atoms with van der Waals surface area (Å²) in [5.41, 5.74) is 0.365. The highest BCUT2D eigenvalue weighted by Crippen LogP contribution is 2.19. The average Bonchev–Trinajstić information content (AvgIpc) is 2.28. The number of hydrogen-bond acceptors (Lipinski definition) is 3. The second kappa shape index (κ2) is 5.14. The first kappa shape index (κ1) is 12.5. The van der Waals surface area contributed by atoms with E-state index in [2.05, 4.69) is 26.2 Å². The van der Waals surface area contributed by atoms with Crippen molar-refractivity contribution in [2.45, 2.75) is 0 Å². The van der Waals surface area contributed by atoms with Gasteiger partial charge in [-0.25, -0.2) is 9.37 Å². The Morgan fingerprint density at radius 1 is 1.33 bits per heavy atom. The fraction of sp³-hybridized carbons (Fsp3) is 0. The molecule has 0 aliphatic heterocycles. The molecule has 0 radical (unpaired) electrons. The van der Waals surface area contributed by atoms with E-state index in [1.54, 1.807) is 6.07 Å². The van der Waals surface area contributed by atoms with Crippen molar-refractivity contribution in [3.63, 3.8) is 0 Å². The molecule has 0 saturated carbocycles. The summed E-state index contributed by atoms with van der Waals surface area (Å²) in [5, 5.41) is 11.6. The van der Waals surface area contributed by atoms with Crippen LogP contribution in [0.1, 0.15) is 10.5 Å². The molecule has 6 heteroatoms. The zero-order valence-corrected chi connectivity index (χ0v) is 10.6. The molecule has 1 aromatic heterocycles.